The zero-order valence-corrected chi connectivity index (χ0v) is 17.2. The first-order valence-electron chi connectivity index (χ1n) is 9.61. The van der Waals surface area contributed by atoms with E-state index >= 15 is 0 Å². The van der Waals surface area contributed by atoms with E-state index in [1.165, 1.54) is 0 Å². The molecule has 1 saturated heterocycles. The van der Waals surface area contributed by atoms with Crippen molar-refractivity contribution in [3.8, 4) is 23.0 Å². The lowest BCUT2D eigenvalue weighted by Gasteiger charge is -2.33. The molecule has 152 valence electrons. The van der Waals surface area contributed by atoms with Crippen LogP contribution in [0.25, 0.3) is 0 Å². The standard InChI is InChI=1S/C22H30N2O4/c1-25-17-8-5-7-16(15-17)20(24-13-6-11-23-12-14-24)18-9-10-19(26-2)22(28-4)21(18)27-3/h5,7-10,15,20,23H,6,11-14H2,1-4H3. The van der Waals surface area contributed by atoms with E-state index in [-0.39, 0.29) is 6.04 Å². The van der Waals surface area contributed by atoms with Gasteiger partial charge in [0.15, 0.2) is 11.5 Å². The Kier molecular flexibility index (Phi) is 7.01. The fraction of sp³-hybridized carbons (Fsp3) is 0.455. The molecule has 6 nitrogen and oxygen atoms in total. The molecule has 0 aromatic heterocycles. The highest BCUT2D eigenvalue weighted by molar-refractivity contribution is 5.58. The van der Waals surface area contributed by atoms with Gasteiger partial charge in [0, 0.05) is 25.2 Å². The van der Waals surface area contributed by atoms with Gasteiger partial charge in [0.1, 0.15) is 5.75 Å². The molecule has 1 heterocycles. The monoisotopic (exact) mass is 386 g/mol. The molecule has 0 bridgehead atoms. The molecule has 0 radical (unpaired) electrons. The van der Waals surface area contributed by atoms with Crippen LogP contribution in [0.4, 0.5) is 0 Å². The minimum absolute atomic E-state index is 0.0183. The second-order valence-corrected chi connectivity index (χ2v) is 6.74. The second-order valence-electron chi connectivity index (χ2n) is 6.74. The summed E-state index contributed by atoms with van der Waals surface area (Å²) in [6.45, 7) is 3.92. The molecule has 28 heavy (non-hydrogen) atoms. The Morgan fingerprint density at radius 3 is 2.39 bits per heavy atom. The van der Waals surface area contributed by atoms with E-state index < -0.39 is 0 Å². The molecule has 2 aromatic carbocycles. The van der Waals surface area contributed by atoms with Gasteiger partial charge in [-0.25, -0.2) is 0 Å². The van der Waals surface area contributed by atoms with E-state index in [0.29, 0.717) is 17.2 Å². The number of ether oxygens (including phenoxy) is 4. The average Bonchev–Trinajstić information content (AvgIpc) is 3.03. The van der Waals surface area contributed by atoms with Crippen molar-refractivity contribution in [2.24, 2.45) is 0 Å². The summed E-state index contributed by atoms with van der Waals surface area (Å²) < 4.78 is 22.4. The van der Waals surface area contributed by atoms with Crippen molar-refractivity contribution < 1.29 is 18.9 Å². The highest BCUT2D eigenvalue weighted by Gasteiger charge is 2.29. The van der Waals surface area contributed by atoms with Crippen LogP contribution in [0.15, 0.2) is 36.4 Å². The summed E-state index contributed by atoms with van der Waals surface area (Å²) in [6, 6.07) is 12.3. The fourth-order valence-corrected chi connectivity index (χ4v) is 3.86. The highest BCUT2D eigenvalue weighted by atomic mass is 16.5. The molecule has 3 rings (SSSR count). The lowest BCUT2D eigenvalue weighted by Crippen LogP contribution is -2.33. The Labute approximate surface area is 167 Å². The summed E-state index contributed by atoms with van der Waals surface area (Å²) in [5.74, 6) is 2.81. The smallest absolute Gasteiger partial charge is 0.203 e. The number of rotatable bonds is 7. The van der Waals surface area contributed by atoms with Gasteiger partial charge in [-0.05, 0) is 42.8 Å². The number of hydrogen-bond donors (Lipinski definition) is 1. The van der Waals surface area contributed by atoms with Gasteiger partial charge in [-0.2, -0.15) is 0 Å². The summed E-state index contributed by atoms with van der Waals surface area (Å²) in [5.41, 5.74) is 2.21. The molecular formula is C22H30N2O4. The molecule has 0 aliphatic carbocycles. The van der Waals surface area contributed by atoms with Crippen LogP contribution < -0.4 is 24.3 Å². The van der Waals surface area contributed by atoms with Gasteiger partial charge in [-0.3, -0.25) is 4.90 Å². The maximum atomic E-state index is 5.81. The van der Waals surface area contributed by atoms with Gasteiger partial charge in [0.25, 0.3) is 0 Å². The van der Waals surface area contributed by atoms with Crippen molar-refractivity contribution in [3.05, 3.63) is 47.5 Å². The largest absolute Gasteiger partial charge is 0.497 e. The van der Waals surface area contributed by atoms with Gasteiger partial charge >= 0.3 is 0 Å². The van der Waals surface area contributed by atoms with E-state index in [1.807, 2.05) is 18.2 Å². The predicted molar refractivity (Wildman–Crippen MR) is 110 cm³/mol. The summed E-state index contributed by atoms with van der Waals surface area (Å²) in [5, 5.41) is 3.48. The molecule has 1 atom stereocenters. The van der Waals surface area contributed by atoms with Crippen LogP contribution in [0.1, 0.15) is 23.6 Å². The number of methoxy groups -OCH3 is 4. The van der Waals surface area contributed by atoms with Crippen LogP contribution in [-0.2, 0) is 0 Å². The predicted octanol–water partition coefficient (Wildman–Crippen LogP) is 3.11. The molecule has 6 heteroatoms. The lowest BCUT2D eigenvalue weighted by atomic mass is 9.95. The van der Waals surface area contributed by atoms with Crippen molar-refractivity contribution in [2.75, 3.05) is 54.6 Å². The second kappa shape index (κ2) is 9.66. The first-order valence-corrected chi connectivity index (χ1v) is 9.61. The van der Waals surface area contributed by atoms with Crippen molar-refractivity contribution in [1.82, 2.24) is 10.2 Å². The van der Waals surface area contributed by atoms with E-state index in [2.05, 4.69) is 28.4 Å². The van der Waals surface area contributed by atoms with E-state index in [4.69, 9.17) is 18.9 Å². The SMILES string of the molecule is COc1cccc(C(c2ccc(OC)c(OC)c2OC)N2CCCNCC2)c1. The lowest BCUT2D eigenvalue weighted by molar-refractivity contribution is 0.233. The summed E-state index contributed by atoms with van der Waals surface area (Å²) >= 11 is 0. The number of nitrogens with zero attached hydrogens (tertiary/aromatic N) is 1. The summed E-state index contributed by atoms with van der Waals surface area (Å²) in [7, 11) is 6.64. The number of nitrogens with one attached hydrogen (secondary N) is 1. The maximum absolute atomic E-state index is 5.81. The first-order chi connectivity index (χ1) is 13.7. The molecule has 1 unspecified atom stereocenters. The Hall–Kier alpha value is -2.44. The van der Waals surface area contributed by atoms with Crippen LogP contribution >= 0.6 is 0 Å². The van der Waals surface area contributed by atoms with Gasteiger partial charge in [0.2, 0.25) is 5.75 Å². The van der Waals surface area contributed by atoms with Crippen molar-refractivity contribution in [3.63, 3.8) is 0 Å². The normalized spacial score (nSPS) is 16.1. The third-order valence-corrected chi connectivity index (χ3v) is 5.18. The average molecular weight is 386 g/mol. The molecule has 2 aromatic rings. The van der Waals surface area contributed by atoms with Crippen molar-refractivity contribution in [1.29, 1.82) is 0 Å². The third-order valence-electron chi connectivity index (χ3n) is 5.18. The molecule has 1 fully saturated rings. The first kappa shape index (κ1) is 20.3. The van der Waals surface area contributed by atoms with E-state index in [1.54, 1.807) is 28.4 Å². The van der Waals surface area contributed by atoms with Gasteiger partial charge in [0.05, 0.1) is 34.5 Å². The highest BCUT2D eigenvalue weighted by Crippen LogP contribution is 2.45. The van der Waals surface area contributed by atoms with Crippen LogP contribution in [0, 0.1) is 0 Å². The zero-order chi connectivity index (χ0) is 19.9. The molecule has 1 aliphatic rings. The van der Waals surface area contributed by atoms with Crippen molar-refractivity contribution >= 4 is 0 Å². The molecule has 1 aliphatic heterocycles. The van der Waals surface area contributed by atoms with Crippen LogP contribution in [-0.4, -0.2) is 59.5 Å². The van der Waals surface area contributed by atoms with Gasteiger partial charge in [-0.1, -0.05) is 12.1 Å². The zero-order valence-electron chi connectivity index (χ0n) is 17.2. The Morgan fingerprint density at radius 2 is 1.68 bits per heavy atom. The molecule has 0 amide bonds. The topological polar surface area (TPSA) is 52.2 Å². The van der Waals surface area contributed by atoms with E-state index in [0.717, 1.165) is 49.5 Å². The van der Waals surface area contributed by atoms with Crippen LogP contribution in [0.5, 0.6) is 23.0 Å². The Bertz CT molecular complexity index is 773. The van der Waals surface area contributed by atoms with Gasteiger partial charge in [-0.15, -0.1) is 0 Å². The number of benzene rings is 2. The molecule has 0 spiro atoms. The fourth-order valence-electron chi connectivity index (χ4n) is 3.86. The van der Waals surface area contributed by atoms with Crippen molar-refractivity contribution in [2.45, 2.75) is 12.5 Å². The quantitative estimate of drug-likeness (QED) is 0.789. The molecule has 1 N–H and O–H groups in total. The minimum Gasteiger partial charge on any atom is -0.497 e. The van der Waals surface area contributed by atoms with E-state index in [9.17, 15) is 0 Å². The summed E-state index contributed by atoms with van der Waals surface area (Å²) in [6.07, 6.45) is 1.09. The van der Waals surface area contributed by atoms with Crippen LogP contribution in [0.2, 0.25) is 0 Å². The molecule has 0 saturated carbocycles. The molecular weight excluding hydrogens is 356 g/mol. The Morgan fingerprint density at radius 1 is 0.857 bits per heavy atom. The summed E-state index contributed by atoms with van der Waals surface area (Å²) in [4.78, 5) is 2.48. The third kappa shape index (κ3) is 4.18. The maximum Gasteiger partial charge on any atom is 0.203 e. The van der Waals surface area contributed by atoms with Crippen LogP contribution in [0.3, 0.4) is 0 Å². The van der Waals surface area contributed by atoms with Gasteiger partial charge < -0.3 is 24.3 Å². The minimum atomic E-state index is 0.0183. The Balaban J connectivity index is 2.15. The number of hydrogen-bond acceptors (Lipinski definition) is 6.